The molecule has 1 amide bonds. The van der Waals surface area contributed by atoms with Gasteiger partial charge in [-0.3, -0.25) is 9.69 Å². The lowest BCUT2D eigenvalue weighted by Gasteiger charge is -2.25. The molecular weight excluding hydrogens is 446 g/mol. The SMILES string of the molecule is CCSc1cccc(C(=O)N(CCN(CC)CC)c2nc3c(C)c(C)ccc3s2)c1.Cl. The molecule has 3 rings (SSSR count). The summed E-state index contributed by atoms with van der Waals surface area (Å²) in [6.07, 6.45) is 0. The number of thioether (sulfide) groups is 1. The monoisotopic (exact) mass is 477 g/mol. The molecule has 0 saturated heterocycles. The molecule has 0 unspecified atom stereocenters. The predicted molar refractivity (Wildman–Crippen MR) is 139 cm³/mol. The summed E-state index contributed by atoms with van der Waals surface area (Å²) in [5, 5.41) is 0.782. The summed E-state index contributed by atoms with van der Waals surface area (Å²) in [5.41, 5.74) is 4.14. The second-order valence-corrected chi connectivity index (χ2v) is 9.64. The minimum atomic E-state index is 0. The maximum absolute atomic E-state index is 13.6. The molecule has 0 saturated carbocycles. The molecule has 7 heteroatoms. The third kappa shape index (κ3) is 6.01. The van der Waals surface area contributed by atoms with Crippen molar-refractivity contribution in [1.82, 2.24) is 9.88 Å². The Labute approximate surface area is 200 Å². The molecule has 0 atom stereocenters. The zero-order valence-electron chi connectivity index (χ0n) is 19.0. The van der Waals surface area contributed by atoms with Gasteiger partial charge in [0.1, 0.15) is 0 Å². The molecule has 31 heavy (non-hydrogen) atoms. The van der Waals surface area contributed by atoms with E-state index < -0.39 is 0 Å². The van der Waals surface area contributed by atoms with Gasteiger partial charge in [-0.05, 0) is 68.1 Å². The Morgan fingerprint density at radius 2 is 1.81 bits per heavy atom. The van der Waals surface area contributed by atoms with Crippen LogP contribution in [0.25, 0.3) is 10.2 Å². The number of anilines is 1. The zero-order valence-corrected chi connectivity index (χ0v) is 21.4. The number of hydrogen-bond acceptors (Lipinski definition) is 5. The summed E-state index contributed by atoms with van der Waals surface area (Å²) in [6, 6.07) is 12.2. The number of aryl methyl sites for hydroxylation is 2. The predicted octanol–water partition coefficient (Wildman–Crippen LogP) is 6.44. The summed E-state index contributed by atoms with van der Waals surface area (Å²) in [7, 11) is 0. The first kappa shape index (κ1) is 25.7. The van der Waals surface area contributed by atoms with Gasteiger partial charge in [0.05, 0.1) is 10.2 Å². The minimum absolute atomic E-state index is 0. The highest BCUT2D eigenvalue weighted by atomic mass is 35.5. The number of carbonyl (C=O) groups is 1. The smallest absolute Gasteiger partial charge is 0.260 e. The van der Waals surface area contributed by atoms with Crippen LogP contribution < -0.4 is 4.90 Å². The molecule has 0 aliphatic rings. The van der Waals surface area contributed by atoms with Crippen LogP contribution in [-0.2, 0) is 0 Å². The molecule has 0 fully saturated rings. The van der Waals surface area contributed by atoms with E-state index in [0.717, 1.165) is 51.2 Å². The number of carbonyl (C=O) groups excluding carboxylic acids is 1. The Bertz CT molecular complexity index is 1020. The van der Waals surface area contributed by atoms with Gasteiger partial charge in [-0.15, -0.1) is 24.2 Å². The molecule has 0 N–H and O–H groups in total. The van der Waals surface area contributed by atoms with Crippen molar-refractivity contribution in [1.29, 1.82) is 0 Å². The molecule has 1 aromatic heterocycles. The standard InChI is InChI=1S/C24H31N3OS2.ClH/c1-6-26(7-2)14-15-27(23(28)19-10-9-11-20(16-19)29-8-3)24-25-22-18(5)17(4)12-13-21(22)30-24;/h9-13,16H,6-8,14-15H2,1-5H3;1H. The van der Waals surface area contributed by atoms with Crippen molar-refractivity contribution in [3.63, 3.8) is 0 Å². The first-order valence-electron chi connectivity index (χ1n) is 10.6. The fourth-order valence-electron chi connectivity index (χ4n) is 3.44. The van der Waals surface area contributed by atoms with Gasteiger partial charge >= 0.3 is 0 Å². The Morgan fingerprint density at radius 1 is 1.06 bits per heavy atom. The molecule has 0 aliphatic carbocycles. The summed E-state index contributed by atoms with van der Waals surface area (Å²) in [4.78, 5) is 23.8. The van der Waals surface area contributed by atoms with Gasteiger partial charge in [-0.25, -0.2) is 4.98 Å². The van der Waals surface area contributed by atoms with E-state index in [-0.39, 0.29) is 18.3 Å². The van der Waals surface area contributed by atoms with Crippen LogP contribution in [0.1, 0.15) is 42.3 Å². The van der Waals surface area contributed by atoms with E-state index in [1.54, 1.807) is 23.1 Å². The van der Waals surface area contributed by atoms with Crippen LogP contribution >= 0.6 is 35.5 Å². The molecule has 4 nitrogen and oxygen atoms in total. The molecule has 0 aliphatic heterocycles. The molecule has 1 heterocycles. The van der Waals surface area contributed by atoms with Crippen molar-refractivity contribution >= 4 is 56.8 Å². The van der Waals surface area contributed by atoms with Crippen LogP contribution in [0, 0.1) is 13.8 Å². The third-order valence-electron chi connectivity index (χ3n) is 5.48. The van der Waals surface area contributed by atoms with Crippen LogP contribution in [0.4, 0.5) is 5.13 Å². The first-order chi connectivity index (χ1) is 14.5. The highest BCUT2D eigenvalue weighted by Crippen LogP contribution is 2.33. The molecule has 0 bridgehead atoms. The van der Waals surface area contributed by atoms with Crippen LogP contribution in [0.2, 0.25) is 0 Å². The summed E-state index contributed by atoms with van der Waals surface area (Å²) in [5.74, 6) is 1.01. The number of thiazole rings is 1. The molecule has 2 aromatic carbocycles. The van der Waals surface area contributed by atoms with E-state index >= 15 is 0 Å². The van der Waals surface area contributed by atoms with Gasteiger partial charge in [0.2, 0.25) is 0 Å². The second kappa shape index (κ2) is 11.9. The Kier molecular flexibility index (Phi) is 9.82. The lowest BCUT2D eigenvalue weighted by Crippen LogP contribution is -2.38. The number of aromatic nitrogens is 1. The number of likely N-dealkylation sites (N-methyl/N-ethyl adjacent to an activating group) is 1. The highest BCUT2D eigenvalue weighted by molar-refractivity contribution is 7.99. The molecule has 3 aromatic rings. The van der Waals surface area contributed by atoms with Gasteiger partial charge in [0, 0.05) is 23.5 Å². The van der Waals surface area contributed by atoms with E-state index in [4.69, 9.17) is 4.98 Å². The quantitative estimate of drug-likeness (QED) is 0.332. The van der Waals surface area contributed by atoms with Gasteiger partial charge in [-0.1, -0.05) is 44.2 Å². The fraction of sp³-hybridized carbons (Fsp3) is 0.417. The van der Waals surface area contributed by atoms with Gasteiger partial charge in [-0.2, -0.15) is 0 Å². The van der Waals surface area contributed by atoms with Crippen LogP contribution in [0.5, 0.6) is 0 Å². The van der Waals surface area contributed by atoms with Crippen LogP contribution in [0.3, 0.4) is 0 Å². The number of hydrogen-bond donors (Lipinski definition) is 0. The summed E-state index contributed by atoms with van der Waals surface area (Å²) >= 11 is 3.36. The normalized spacial score (nSPS) is 11.0. The molecule has 0 spiro atoms. The third-order valence-corrected chi connectivity index (χ3v) is 7.40. The Balaban J connectivity index is 0.00000341. The first-order valence-corrected chi connectivity index (χ1v) is 12.4. The van der Waals surface area contributed by atoms with E-state index in [9.17, 15) is 4.79 Å². The number of rotatable bonds is 9. The van der Waals surface area contributed by atoms with E-state index in [0.29, 0.717) is 6.54 Å². The minimum Gasteiger partial charge on any atom is -0.302 e. The maximum atomic E-state index is 13.6. The number of nitrogens with zero attached hydrogens (tertiary/aromatic N) is 3. The average molecular weight is 478 g/mol. The Morgan fingerprint density at radius 3 is 2.48 bits per heavy atom. The van der Waals surface area contributed by atoms with E-state index in [2.05, 4.69) is 57.7 Å². The van der Waals surface area contributed by atoms with Gasteiger partial charge in [0.25, 0.3) is 5.91 Å². The highest BCUT2D eigenvalue weighted by Gasteiger charge is 2.22. The number of fused-ring (bicyclic) bond motifs is 1. The van der Waals surface area contributed by atoms with Crippen molar-refractivity contribution in [3.05, 3.63) is 53.1 Å². The van der Waals surface area contributed by atoms with Crippen molar-refractivity contribution < 1.29 is 4.79 Å². The summed E-state index contributed by atoms with van der Waals surface area (Å²) in [6.45, 7) is 14.1. The number of benzene rings is 2. The number of amides is 1. The average Bonchev–Trinajstić information content (AvgIpc) is 3.19. The molecule has 0 radical (unpaired) electrons. The van der Waals surface area contributed by atoms with Gasteiger partial charge in [0.15, 0.2) is 5.13 Å². The summed E-state index contributed by atoms with van der Waals surface area (Å²) < 4.78 is 1.13. The number of halogens is 1. The molecular formula is C24H32ClN3OS2. The largest absolute Gasteiger partial charge is 0.302 e. The lowest BCUT2D eigenvalue weighted by atomic mass is 10.1. The fourth-order valence-corrected chi connectivity index (χ4v) is 5.20. The lowest BCUT2D eigenvalue weighted by molar-refractivity contribution is 0.0983. The van der Waals surface area contributed by atoms with Crippen molar-refractivity contribution in [2.45, 2.75) is 39.5 Å². The topological polar surface area (TPSA) is 36.4 Å². The van der Waals surface area contributed by atoms with Gasteiger partial charge < -0.3 is 4.90 Å². The van der Waals surface area contributed by atoms with E-state index in [1.165, 1.54) is 11.1 Å². The maximum Gasteiger partial charge on any atom is 0.260 e. The van der Waals surface area contributed by atoms with Crippen molar-refractivity contribution in [3.8, 4) is 0 Å². The second-order valence-electron chi connectivity index (χ2n) is 7.30. The Hall–Kier alpha value is -1.60. The molecule has 168 valence electrons. The van der Waals surface area contributed by atoms with E-state index in [1.807, 2.05) is 23.1 Å². The van der Waals surface area contributed by atoms with Crippen molar-refractivity contribution in [2.75, 3.05) is 36.8 Å². The van der Waals surface area contributed by atoms with Crippen molar-refractivity contribution in [2.24, 2.45) is 0 Å². The van der Waals surface area contributed by atoms with Crippen LogP contribution in [-0.4, -0.2) is 47.7 Å². The zero-order chi connectivity index (χ0) is 21.7. The van der Waals surface area contributed by atoms with Crippen LogP contribution in [0.15, 0.2) is 41.3 Å².